The number of hydrogen-bond donors (Lipinski definition) is 0. The normalized spacial score (nSPS) is 8.20. The van der Waals surface area contributed by atoms with Gasteiger partial charge in [0.2, 0.25) is 0 Å². The molecule has 0 unspecified atom stereocenters. The van der Waals surface area contributed by atoms with Gasteiger partial charge in [0.05, 0.1) is 0 Å². The molecule has 0 heterocycles. The standard InChI is InChI=1S/C8H18.CH2O/c1-3-5-7-8-6-4-2;1-2/h3-8H2,1-2H3;1H2. The van der Waals surface area contributed by atoms with Gasteiger partial charge in [-0.1, -0.05) is 52.4 Å². The van der Waals surface area contributed by atoms with E-state index < -0.39 is 0 Å². The van der Waals surface area contributed by atoms with Crippen molar-refractivity contribution in [2.24, 2.45) is 0 Å². The van der Waals surface area contributed by atoms with Gasteiger partial charge in [-0.25, -0.2) is 0 Å². The van der Waals surface area contributed by atoms with E-state index >= 15 is 0 Å². The summed E-state index contributed by atoms with van der Waals surface area (Å²) in [6.45, 7) is 6.51. The Labute approximate surface area is 64.8 Å². The van der Waals surface area contributed by atoms with Crippen molar-refractivity contribution >= 4 is 6.79 Å². The van der Waals surface area contributed by atoms with E-state index in [0.717, 1.165) is 0 Å². The Bertz CT molecular complexity index is 38.0. The van der Waals surface area contributed by atoms with Crippen LogP contribution >= 0.6 is 0 Å². The number of unbranched alkanes of at least 4 members (excludes halogenated alkanes) is 5. The van der Waals surface area contributed by atoms with Crippen LogP contribution in [-0.4, -0.2) is 6.79 Å². The van der Waals surface area contributed by atoms with Crippen LogP contribution in [0.1, 0.15) is 52.4 Å². The highest BCUT2D eigenvalue weighted by Crippen LogP contribution is 2.03. The molecule has 0 aliphatic heterocycles. The van der Waals surface area contributed by atoms with Crippen LogP contribution in [0.2, 0.25) is 0 Å². The highest BCUT2D eigenvalue weighted by molar-refractivity contribution is 5.10. The van der Waals surface area contributed by atoms with Crippen LogP contribution < -0.4 is 0 Å². The van der Waals surface area contributed by atoms with Gasteiger partial charge in [0.25, 0.3) is 0 Å². The zero-order valence-corrected chi connectivity index (χ0v) is 7.36. The third kappa shape index (κ3) is 15.6. The lowest BCUT2D eigenvalue weighted by Gasteiger charge is -1.93. The Balaban J connectivity index is 0. The van der Waals surface area contributed by atoms with Crippen LogP contribution in [0.15, 0.2) is 0 Å². The molecule has 1 heteroatoms. The first-order valence-electron chi connectivity index (χ1n) is 4.20. The summed E-state index contributed by atoms with van der Waals surface area (Å²) in [5, 5.41) is 0. The fraction of sp³-hybridized carbons (Fsp3) is 0.889. The second-order valence-corrected chi connectivity index (χ2v) is 2.41. The summed E-state index contributed by atoms with van der Waals surface area (Å²) in [6.07, 6.45) is 8.49. The second-order valence-electron chi connectivity index (χ2n) is 2.41. The zero-order valence-electron chi connectivity index (χ0n) is 7.36. The highest BCUT2D eigenvalue weighted by atomic mass is 16.1. The molecule has 0 aromatic carbocycles. The van der Waals surface area contributed by atoms with E-state index in [1.54, 1.807) is 0 Å². The smallest absolute Gasteiger partial charge is 0.106 e. The summed E-state index contributed by atoms with van der Waals surface area (Å²) < 4.78 is 0. The molecule has 0 bridgehead atoms. The topological polar surface area (TPSA) is 17.1 Å². The van der Waals surface area contributed by atoms with E-state index in [-0.39, 0.29) is 0 Å². The lowest BCUT2D eigenvalue weighted by atomic mass is 10.1. The molecule has 0 rings (SSSR count). The maximum absolute atomic E-state index is 8.00. The van der Waals surface area contributed by atoms with E-state index in [1.807, 2.05) is 6.79 Å². The Hall–Kier alpha value is -0.330. The first kappa shape index (κ1) is 12.4. The average Bonchev–Trinajstić information content (AvgIpc) is 2.02. The largest absolute Gasteiger partial charge is 0.307 e. The number of carbonyl (C=O) groups is 1. The van der Waals surface area contributed by atoms with Crippen LogP contribution in [0.5, 0.6) is 0 Å². The van der Waals surface area contributed by atoms with Gasteiger partial charge in [-0.2, -0.15) is 0 Å². The third-order valence-electron chi connectivity index (χ3n) is 1.46. The molecule has 0 aromatic rings. The maximum atomic E-state index is 8.00. The minimum absolute atomic E-state index is 1.36. The molecule has 10 heavy (non-hydrogen) atoms. The summed E-state index contributed by atoms with van der Waals surface area (Å²) in [7, 11) is 0. The van der Waals surface area contributed by atoms with Gasteiger partial charge >= 0.3 is 0 Å². The molecule has 0 amide bonds. The quantitative estimate of drug-likeness (QED) is 0.541. The van der Waals surface area contributed by atoms with Crippen molar-refractivity contribution in [1.82, 2.24) is 0 Å². The minimum Gasteiger partial charge on any atom is -0.307 e. The molecule has 0 atom stereocenters. The van der Waals surface area contributed by atoms with Crippen LogP contribution in [0.25, 0.3) is 0 Å². The molecule has 0 radical (unpaired) electrons. The number of hydrogen-bond acceptors (Lipinski definition) is 1. The Morgan fingerprint density at radius 3 is 1.30 bits per heavy atom. The van der Waals surface area contributed by atoms with Crippen molar-refractivity contribution in [3.05, 3.63) is 0 Å². The fourth-order valence-electron chi connectivity index (χ4n) is 0.854. The summed E-state index contributed by atoms with van der Waals surface area (Å²) in [6, 6.07) is 0. The first-order chi connectivity index (χ1) is 4.91. The molecule has 0 N–H and O–H groups in total. The van der Waals surface area contributed by atoms with Gasteiger partial charge in [0, 0.05) is 0 Å². The molecule has 0 aliphatic carbocycles. The van der Waals surface area contributed by atoms with Gasteiger partial charge in [0.1, 0.15) is 6.79 Å². The van der Waals surface area contributed by atoms with Crippen molar-refractivity contribution in [3.63, 3.8) is 0 Å². The van der Waals surface area contributed by atoms with E-state index in [0.29, 0.717) is 0 Å². The number of carbonyl (C=O) groups excluding carboxylic acids is 1. The molecular weight excluding hydrogens is 124 g/mol. The van der Waals surface area contributed by atoms with Crippen molar-refractivity contribution < 1.29 is 4.79 Å². The predicted octanol–water partition coefficient (Wildman–Crippen LogP) is 3.18. The Kier molecular flexibility index (Phi) is 19.6. The summed E-state index contributed by atoms with van der Waals surface area (Å²) in [5.41, 5.74) is 0. The van der Waals surface area contributed by atoms with Gasteiger partial charge < -0.3 is 4.79 Å². The van der Waals surface area contributed by atoms with E-state index in [9.17, 15) is 0 Å². The zero-order chi connectivity index (χ0) is 8.24. The predicted molar refractivity (Wildman–Crippen MR) is 46.2 cm³/mol. The van der Waals surface area contributed by atoms with Crippen molar-refractivity contribution in [1.29, 1.82) is 0 Å². The lowest BCUT2D eigenvalue weighted by Crippen LogP contribution is -1.73. The van der Waals surface area contributed by atoms with Crippen molar-refractivity contribution in [2.75, 3.05) is 0 Å². The fourth-order valence-corrected chi connectivity index (χ4v) is 0.854. The lowest BCUT2D eigenvalue weighted by molar-refractivity contribution is -0.0979. The van der Waals surface area contributed by atoms with Crippen LogP contribution in [0.3, 0.4) is 0 Å². The van der Waals surface area contributed by atoms with Gasteiger partial charge in [0.15, 0.2) is 0 Å². The third-order valence-corrected chi connectivity index (χ3v) is 1.46. The molecule has 0 saturated heterocycles. The average molecular weight is 144 g/mol. The summed E-state index contributed by atoms with van der Waals surface area (Å²) in [5.74, 6) is 0. The molecule has 0 aromatic heterocycles. The molecule has 0 fully saturated rings. The van der Waals surface area contributed by atoms with Crippen LogP contribution in [0, 0.1) is 0 Å². The molecule has 0 spiro atoms. The van der Waals surface area contributed by atoms with Crippen LogP contribution in [-0.2, 0) is 4.79 Å². The molecule has 1 nitrogen and oxygen atoms in total. The van der Waals surface area contributed by atoms with E-state index in [4.69, 9.17) is 4.79 Å². The monoisotopic (exact) mass is 144 g/mol. The van der Waals surface area contributed by atoms with Gasteiger partial charge in [-0.3, -0.25) is 0 Å². The summed E-state index contributed by atoms with van der Waals surface area (Å²) in [4.78, 5) is 8.00. The van der Waals surface area contributed by atoms with Crippen LogP contribution in [0.4, 0.5) is 0 Å². The second kappa shape index (κ2) is 15.9. The Morgan fingerprint density at radius 1 is 0.800 bits per heavy atom. The van der Waals surface area contributed by atoms with Crippen molar-refractivity contribution in [3.8, 4) is 0 Å². The molecule has 0 aliphatic rings. The van der Waals surface area contributed by atoms with E-state index in [1.165, 1.54) is 38.5 Å². The number of rotatable bonds is 5. The molecule has 0 saturated carbocycles. The Morgan fingerprint density at radius 2 is 1.10 bits per heavy atom. The SMILES string of the molecule is C=O.CCCCCCCC. The maximum Gasteiger partial charge on any atom is 0.106 e. The molecule has 62 valence electrons. The van der Waals surface area contributed by atoms with Gasteiger partial charge in [-0.05, 0) is 0 Å². The van der Waals surface area contributed by atoms with Gasteiger partial charge in [-0.15, -0.1) is 0 Å². The first-order valence-corrected chi connectivity index (χ1v) is 4.20. The summed E-state index contributed by atoms with van der Waals surface area (Å²) >= 11 is 0. The van der Waals surface area contributed by atoms with Crippen molar-refractivity contribution in [2.45, 2.75) is 52.4 Å². The highest BCUT2D eigenvalue weighted by Gasteiger charge is 1.83. The molecular formula is C9H20O. The minimum atomic E-state index is 1.36. The van der Waals surface area contributed by atoms with E-state index in [2.05, 4.69) is 13.8 Å².